The second kappa shape index (κ2) is 5.22. The number of nitrogen functional groups attached to an aromatic ring is 1. The zero-order valence-corrected chi connectivity index (χ0v) is 12.0. The third-order valence-electron chi connectivity index (χ3n) is 3.64. The Balaban J connectivity index is 2.27. The van der Waals surface area contributed by atoms with Crippen LogP contribution >= 0.6 is 11.8 Å². The van der Waals surface area contributed by atoms with Crippen molar-refractivity contribution < 1.29 is 4.79 Å². The van der Waals surface area contributed by atoms with Crippen molar-refractivity contribution in [3.05, 3.63) is 29.3 Å². The maximum Gasteiger partial charge on any atom is 0.254 e. The molecule has 1 aromatic rings. The van der Waals surface area contributed by atoms with Crippen LogP contribution in [0.25, 0.3) is 0 Å². The summed E-state index contributed by atoms with van der Waals surface area (Å²) in [7, 11) is 0. The topological polar surface area (TPSA) is 46.3 Å². The predicted molar refractivity (Wildman–Crippen MR) is 78.0 cm³/mol. The molecule has 1 aromatic carbocycles. The number of hydrogen-bond donors (Lipinski definition) is 1. The van der Waals surface area contributed by atoms with Crippen LogP contribution in [0.15, 0.2) is 18.2 Å². The third-order valence-corrected chi connectivity index (χ3v) is 4.97. The minimum absolute atomic E-state index is 0.111. The van der Waals surface area contributed by atoms with Gasteiger partial charge in [-0.05, 0) is 31.5 Å². The fraction of sp³-hybridized carbons (Fsp3) is 0.500. The molecule has 0 spiro atoms. The number of anilines is 1. The molecule has 0 radical (unpaired) electrons. The number of hydrogen-bond acceptors (Lipinski definition) is 3. The second-order valence-electron chi connectivity index (χ2n) is 4.89. The molecule has 18 heavy (non-hydrogen) atoms. The predicted octanol–water partition coefficient (Wildman–Crippen LogP) is 2.54. The lowest BCUT2D eigenvalue weighted by atomic mass is 10.0. The van der Waals surface area contributed by atoms with E-state index in [0.717, 1.165) is 23.4 Å². The van der Waals surface area contributed by atoms with Gasteiger partial charge in [0.1, 0.15) is 0 Å². The van der Waals surface area contributed by atoms with Crippen LogP contribution in [0.3, 0.4) is 0 Å². The molecular formula is C14H20N2OS. The van der Waals surface area contributed by atoms with Crippen LogP contribution in [0.2, 0.25) is 0 Å². The number of benzene rings is 1. The average Bonchev–Trinajstić information content (AvgIpc) is 2.35. The van der Waals surface area contributed by atoms with Gasteiger partial charge in [0.2, 0.25) is 0 Å². The average molecular weight is 264 g/mol. The zero-order valence-electron chi connectivity index (χ0n) is 11.1. The molecule has 1 amide bonds. The van der Waals surface area contributed by atoms with E-state index in [1.54, 1.807) is 6.07 Å². The van der Waals surface area contributed by atoms with Gasteiger partial charge in [0.05, 0.1) is 0 Å². The summed E-state index contributed by atoms with van der Waals surface area (Å²) in [5.41, 5.74) is 8.16. The van der Waals surface area contributed by atoms with Crippen LogP contribution in [-0.2, 0) is 0 Å². The van der Waals surface area contributed by atoms with Crippen molar-refractivity contribution in [1.82, 2.24) is 4.90 Å². The molecule has 1 aliphatic rings. The molecule has 4 heteroatoms. The van der Waals surface area contributed by atoms with Gasteiger partial charge in [-0.2, -0.15) is 11.8 Å². The quantitative estimate of drug-likeness (QED) is 0.793. The highest BCUT2D eigenvalue weighted by atomic mass is 32.2. The zero-order chi connectivity index (χ0) is 13.3. The van der Waals surface area contributed by atoms with Crippen molar-refractivity contribution in [1.29, 1.82) is 0 Å². The molecular weight excluding hydrogens is 244 g/mol. The molecule has 2 N–H and O–H groups in total. The van der Waals surface area contributed by atoms with Gasteiger partial charge in [0.25, 0.3) is 5.91 Å². The van der Waals surface area contributed by atoms with E-state index in [0.29, 0.717) is 10.9 Å². The van der Waals surface area contributed by atoms with Crippen molar-refractivity contribution >= 4 is 23.4 Å². The molecule has 1 aliphatic heterocycles. The molecule has 1 fully saturated rings. The van der Waals surface area contributed by atoms with E-state index in [9.17, 15) is 4.79 Å². The normalized spacial score (nSPS) is 24.1. The summed E-state index contributed by atoms with van der Waals surface area (Å²) in [4.78, 5) is 14.6. The van der Waals surface area contributed by atoms with Crippen LogP contribution in [0.1, 0.15) is 29.8 Å². The van der Waals surface area contributed by atoms with Gasteiger partial charge in [-0.3, -0.25) is 4.79 Å². The maximum absolute atomic E-state index is 12.6. The number of carbonyl (C=O) groups excluding carboxylic acids is 1. The minimum atomic E-state index is 0.111. The van der Waals surface area contributed by atoms with Crippen molar-refractivity contribution in [2.24, 2.45) is 0 Å². The van der Waals surface area contributed by atoms with Gasteiger partial charge in [-0.15, -0.1) is 0 Å². The van der Waals surface area contributed by atoms with E-state index in [2.05, 4.69) is 13.8 Å². The molecule has 0 aliphatic carbocycles. The van der Waals surface area contributed by atoms with Crippen LogP contribution in [0.5, 0.6) is 0 Å². The lowest BCUT2D eigenvalue weighted by Crippen LogP contribution is -2.48. The molecule has 2 unspecified atom stereocenters. The summed E-state index contributed by atoms with van der Waals surface area (Å²) in [5, 5.41) is 0.490. The number of thioether (sulfide) groups is 1. The lowest BCUT2D eigenvalue weighted by molar-refractivity contribution is 0.0697. The van der Waals surface area contributed by atoms with E-state index in [-0.39, 0.29) is 11.9 Å². The monoisotopic (exact) mass is 264 g/mol. The van der Waals surface area contributed by atoms with E-state index >= 15 is 0 Å². The summed E-state index contributed by atoms with van der Waals surface area (Å²) >= 11 is 1.93. The smallest absolute Gasteiger partial charge is 0.254 e. The first-order chi connectivity index (χ1) is 8.50. The molecule has 1 heterocycles. The van der Waals surface area contributed by atoms with Crippen LogP contribution in [0.4, 0.5) is 5.69 Å². The summed E-state index contributed by atoms with van der Waals surface area (Å²) in [6, 6.07) is 5.81. The number of rotatable bonds is 1. The van der Waals surface area contributed by atoms with Crippen molar-refractivity contribution in [2.75, 3.05) is 18.0 Å². The Labute approximate surface area is 113 Å². The van der Waals surface area contributed by atoms with Gasteiger partial charge in [-0.1, -0.05) is 13.0 Å². The fourth-order valence-corrected chi connectivity index (χ4v) is 3.34. The van der Waals surface area contributed by atoms with Crippen LogP contribution < -0.4 is 5.73 Å². The highest BCUT2D eigenvalue weighted by molar-refractivity contribution is 8.00. The highest BCUT2D eigenvalue weighted by Crippen LogP contribution is 2.26. The van der Waals surface area contributed by atoms with E-state index in [4.69, 9.17) is 5.73 Å². The second-order valence-corrected chi connectivity index (χ2v) is 6.37. The van der Waals surface area contributed by atoms with E-state index in [1.165, 1.54) is 0 Å². The van der Waals surface area contributed by atoms with Gasteiger partial charge < -0.3 is 10.6 Å². The minimum Gasteiger partial charge on any atom is -0.399 e. The SMILES string of the molecule is Cc1ccc(N)cc1C(=O)N1CCSC(C)C1C. The largest absolute Gasteiger partial charge is 0.399 e. The summed E-state index contributed by atoms with van der Waals surface area (Å²) in [6.07, 6.45) is 0. The third kappa shape index (κ3) is 2.48. The number of nitrogens with two attached hydrogens (primary N) is 1. The van der Waals surface area contributed by atoms with Crippen molar-refractivity contribution in [3.8, 4) is 0 Å². The molecule has 0 saturated carbocycles. The van der Waals surface area contributed by atoms with Crippen molar-refractivity contribution in [3.63, 3.8) is 0 Å². The summed E-state index contributed by atoms with van der Waals surface area (Å²) in [5.74, 6) is 1.12. The molecule has 1 saturated heterocycles. The van der Waals surface area contributed by atoms with E-state index < -0.39 is 0 Å². The first-order valence-corrected chi connectivity index (χ1v) is 7.34. The molecule has 0 aromatic heterocycles. The van der Waals surface area contributed by atoms with Gasteiger partial charge in [0, 0.05) is 34.8 Å². The maximum atomic E-state index is 12.6. The Morgan fingerprint density at radius 1 is 1.44 bits per heavy atom. The number of aryl methyl sites for hydroxylation is 1. The molecule has 2 rings (SSSR count). The summed E-state index contributed by atoms with van der Waals surface area (Å²) in [6.45, 7) is 7.08. The first-order valence-electron chi connectivity index (χ1n) is 6.29. The van der Waals surface area contributed by atoms with Gasteiger partial charge in [0.15, 0.2) is 0 Å². The Bertz CT molecular complexity index is 461. The Kier molecular flexibility index (Phi) is 3.85. The highest BCUT2D eigenvalue weighted by Gasteiger charge is 2.30. The summed E-state index contributed by atoms with van der Waals surface area (Å²) < 4.78 is 0. The molecule has 0 bridgehead atoms. The Hall–Kier alpha value is -1.16. The molecule has 98 valence electrons. The Morgan fingerprint density at radius 3 is 2.89 bits per heavy atom. The fourth-order valence-electron chi connectivity index (χ4n) is 2.24. The number of carbonyl (C=O) groups is 1. The van der Waals surface area contributed by atoms with Gasteiger partial charge >= 0.3 is 0 Å². The first kappa shape index (κ1) is 13.3. The van der Waals surface area contributed by atoms with Crippen LogP contribution in [-0.4, -0.2) is 34.4 Å². The number of amides is 1. The van der Waals surface area contributed by atoms with E-state index in [1.807, 2.05) is 35.7 Å². The Morgan fingerprint density at radius 2 is 2.17 bits per heavy atom. The van der Waals surface area contributed by atoms with Gasteiger partial charge in [-0.25, -0.2) is 0 Å². The van der Waals surface area contributed by atoms with Crippen molar-refractivity contribution in [2.45, 2.75) is 32.1 Å². The lowest BCUT2D eigenvalue weighted by Gasteiger charge is -2.37. The molecule has 3 nitrogen and oxygen atoms in total. The molecule has 2 atom stereocenters. The van der Waals surface area contributed by atoms with Crippen LogP contribution in [0, 0.1) is 6.92 Å². The standard InChI is InChI=1S/C14H20N2OS/c1-9-4-5-12(15)8-13(9)14(17)16-6-7-18-11(3)10(16)2/h4-5,8,10-11H,6-7,15H2,1-3H3. The number of nitrogens with zero attached hydrogens (tertiary/aromatic N) is 1.